The smallest absolute Gasteiger partial charge is 0.325 e. The zero-order chi connectivity index (χ0) is 16.1. The molecule has 116 valence electrons. The van der Waals surface area contributed by atoms with Gasteiger partial charge in [-0.2, -0.15) is 10.1 Å². The summed E-state index contributed by atoms with van der Waals surface area (Å²) < 4.78 is 1.25. The zero-order valence-electron chi connectivity index (χ0n) is 11.8. The van der Waals surface area contributed by atoms with Gasteiger partial charge in [0.2, 0.25) is 0 Å². The van der Waals surface area contributed by atoms with E-state index >= 15 is 0 Å². The number of carboxylic acid groups (broad SMARTS) is 1. The highest BCUT2D eigenvalue weighted by Gasteiger charge is 2.12. The second-order valence-electron chi connectivity index (χ2n) is 4.47. The molecule has 0 saturated carbocycles. The SMILES string of the molecule is CCc1nn(CC(=O)O)c(SCc2ccc(Cl)cc2)nc1=O. The molecule has 0 amide bonds. The monoisotopic (exact) mass is 339 g/mol. The number of thioether (sulfide) groups is 1. The quantitative estimate of drug-likeness (QED) is 0.812. The van der Waals surface area contributed by atoms with Gasteiger partial charge in [-0.25, -0.2) is 4.68 Å². The molecule has 0 aliphatic heterocycles. The van der Waals surface area contributed by atoms with E-state index in [4.69, 9.17) is 16.7 Å². The average Bonchev–Trinajstić information content (AvgIpc) is 2.48. The number of carbonyl (C=O) groups is 1. The summed E-state index contributed by atoms with van der Waals surface area (Å²) in [5.74, 6) is -0.496. The summed E-state index contributed by atoms with van der Waals surface area (Å²) >= 11 is 7.09. The maximum absolute atomic E-state index is 11.8. The Kier molecular flexibility index (Phi) is 5.57. The van der Waals surface area contributed by atoms with Crippen LogP contribution in [0, 0.1) is 0 Å². The molecule has 0 radical (unpaired) electrons. The van der Waals surface area contributed by atoms with Crippen LogP contribution in [0.5, 0.6) is 0 Å². The van der Waals surface area contributed by atoms with Crippen LogP contribution in [0.4, 0.5) is 0 Å². The predicted octanol–water partition coefficient (Wildman–Crippen LogP) is 2.23. The molecular formula is C14H14ClN3O3S. The molecule has 1 aromatic carbocycles. The lowest BCUT2D eigenvalue weighted by Crippen LogP contribution is -2.25. The predicted molar refractivity (Wildman–Crippen MR) is 84.3 cm³/mol. The molecule has 1 N–H and O–H groups in total. The average molecular weight is 340 g/mol. The fraction of sp³-hybridized carbons (Fsp3) is 0.286. The molecule has 0 saturated heterocycles. The largest absolute Gasteiger partial charge is 0.480 e. The molecule has 0 fully saturated rings. The number of hydrogen-bond donors (Lipinski definition) is 1. The molecular weight excluding hydrogens is 326 g/mol. The highest BCUT2D eigenvalue weighted by atomic mass is 35.5. The van der Waals surface area contributed by atoms with Crippen molar-refractivity contribution in [1.82, 2.24) is 14.8 Å². The first kappa shape index (κ1) is 16.5. The van der Waals surface area contributed by atoms with Crippen LogP contribution >= 0.6 is 23.4 Å². The van der Waals surface area contributed by atoms with Crippen molar-refractivity contribution >= 4 is 29.3 Å². The van der Waals surface area contributed by atoms with Gasteiger partial charge < -0.3 is 5.11 Å². The third-order valence-corrected chi connectivity index (χ3v) is 4.10. The molecule has 2 aromatic rings. The third kappa shape index (κ3) is 4.32. The lowest BCUT2D eigenvalue weighted by Gasteiger charge is -2.10. The molecule has 0 atom stereocenters. The fourth-order valence-electron chi connectivity index (χ4n) is 1.73. The molecule has 22 heavy (non-hydrogen) atoms. The fourth-order valence-corrected chi connectivity index (χ4v) is 2.74. The van der Waals surface area contributed by atoms with Crippen LogP contribution in [0.2, 0.25) is 5.02 Å². The minimum Gasteiger partial charge on any atom is -0.480 e. The number of aliphatic carboxylic acids is 1. The molecule has 1 aromatic heterocycles. The van der Waals surface area contributed by atoms with Crippen LogP contribution in [0.25, 0.3) is 0 Å². The number of halogens is 1. The molecule has 0 bridgehead atoms. The Labute approximate surface area is 136 Å². The van der Waals surface area contributed by atoms with Crippen molar-refractivity contribution in [3.05, 3.63) is 50.9 Å². The Bertz CT molecular complexity index is 731. The number of nitrogens with zero attached hydrogens (tertiary/aromatic N) is 3. The van der Waals surface area contributed by atoms with Gasteiger partial charge in [-0.05, 0) is 24.1 Å². The van der Waals surface area contributed by atoms with Crippen molar-refractivity contribution in [2.75, 3.05) is 0 Å². The van der Waals surface area contributed by atoms with E-state index in [1.807, 2.05) is 12.1 Å². The first-order chi connectivity index (χ1) is 10.5. The van der Waals surface area contributed by atoms with Crippen LogP contribution in [-0.4, -0.2) is 25.8 Å². The lowest BCUT2D eigenvalue weighted by atomic mass is 10.2. The Balaban J connectivity index is 2.24. The minimum absolute atomic E-state index is 0.261. The molecule has 0 aliphatic rings. The van der Waals surface area contributed by atoms with Crippen molar-refractivity contribution in [1.29, 1.82) is 0 Å². The van der Waals surface area contributed by atoms with E-state index in [1.54, 1.807) is 19.1 Å². The van der Waals surface area contributed by atoms with Crippen LogP contribution in [0.1, 0.15) is 18.2 Å². The van der Waals surface area contributed by atoms with Gasteiger partial charge in [-0.15, -0.1) is 0 Å². The summed E-state index contributed by atoms with van der Waals surface area (Å²) in [5.41, 5.74) is 0.838. The highest BCUT2D eigenvalue weighted by molar-refractivity contribution is 7.98. The molecule has 0 unspecified atom stereocenters. The summed E-state index contributed by atoms with van der Waals surface area (Å²) in [7, 11) is 0. The number of aromatic nitrogens is 3. The van der Waals surface area contributed by atoms with E-state index in [2.05, 4.69) is 10.1 Å². The Morgan fingerprint density at radius 2 is 2.05 bits per heavy atom. The normalized spacial score (nSPS) is 10.6. The van der Waals surface area contributed by atoms with Gasteiger partial charge in [0.25, 0.3) is 5.56 Å². The van der Waals surface area contributed by atoms with Crippen molar-refractivity contribution in [2.45, 2.75) is 30.8 Å². The number of carboxylic acids is 1. The van der Waals surface area contributed by atoms with Crippen LogP contribution < -0.4 is 5.56 Å². The lowest BCUT2D eigenvalue weighted by molar-refractivity contribution is -0.138. The first-order valence-corrected chi connectivity index (χ1v) is 7.93. The minimum atomic E-state index is -1.03. The number of aryl methyl sites for hydroxylation is 1. The van der Waals surface area contributed by atoms with Gasteiger partial charge in [0.1, 0.15) is 12.2 Å². The van der Waals surface area contributed by atoms with E-state index in [-0.39, 0.29) is 12.2 Å². The number of benzene rings is 1. The van der Waals surface area contributed by atoms with Crippen LogP contribution in [0.15, 0.2) is 34.2 Å². The summed E-state index contributed by atoms with van der Waals surface area (Å²) in [6, 6.07) is 7.27. The molecule has 0 aliphatic carbocycles. The van der Waals surface area contributed by atoms with Crippen molar-refractivity contribution in [3.8, 4) is 0 Å². The molecule has 1 heterocycles. The summed E-state index contributed by atoms with van der Waals surface area (Å²) in [6.45, 7) is 1.44. The van der Waals surface area contributed by atoms with Gasteiger partial charge in [0.05, 0.1) is 0 Å². The Morgan fingerprint density at radius 3 is 2.64 bits per heavy atom. The van der Waals surface area contributed by atoms with Crippen LogP contribution in [0.3, 0.4) is 0 Å². The summed E-state index contributed by atoms with van der Waals surface area (Å²) in [4.78, 5) is 26.7. The van der Waals surface area contributed by atoms with Gasteiger partial charge in [0, 0.05) is 10.8 Å². The van der Waals surface area contributed by atoms with Crippen LogP contribution in [-0.2, 0) is 23.5 Å². The Morgan fingerprint density at radius 1 is 1.36 bits per heavy atom. The number of hydrogen-bond acceptors (Lipinski definition) is 5. The van der Waals surface area contributed by atoms with Crippen molar-refractivity contribution in [3.63, 3.8) is 0 Å². The zero-order valence-corrected chi connectivity index (χ0v) is 13.4. The maximum Gasteiger partial charge on any atom is 0.325 e. The Hall–Kier alpha value is -1.86. The summed E-state index contributed by atoms with van der Waals surface area (Å²) in [6.07, 6.45) is 0.410. The van der Waals surface area contributed by atoms with E-state index in [9.17, 15) is 9.59 Å². The van der Waals surface area contributed by atoms with Gasteiger partial charge in [-0.1, -0.05) is 42.4 Å². The topological polar surface area (TPSA) is 85.1 Å². The van der Waals surface area contributed by atoms with Gasteiger partial charge in [-0.3, -0.25) is 9.59 Å². The van der Waals surface area contributed by atoms with E-state index < -0.39 is 11.5 Å². The van der Waals surface area contributed by atoms with Crippen molar-refractivity contribution < 1.29 is 9.90 Å². The van der Waals surface area contributed by atoms with E-state index in [0.29, 0.717) is 22.4 Å². The molecule has 6 nitrogen and oxygen atoms in total. The maximum atomic E-state index is 11.8. The van der Waals surface area contributed by atoms with Crippen molar-refractivity contribution in [2.24, 2.45) is 0 Å². The molecule has 0 spiro atoms. The second kappa shape index (κ2) is 7.42. The van der Waals surface area contributed by atoms with E-state index in [0.717, 1.165) is 5.56 Å². The van der Waals surface area contributed by atoms with E-state index in [1.165, 1.54) is 16.4 Å². The second-order valence-corrected chi connectivity index (χ2v) is 5.85. The molecule has 2 rings (SSSR count). The van der Waals surface area contributed by atoms with Gasteiger partial charge in [0.15, 0.2) is 5.16 Å². The first-order valence-electron chi connectivity index (χ1n) is 6.56. The molecule has 8 heteroatoms. The number of rotatable bonds is 6. The summed E-state index contributed by atoms with van der Waals surface area (Å²) in [5, 5.41) is 14.0. The third-order valence-electron chi connectivity index (χ3n) is 2.81. The van der Waals surface area contributed by atoms with Gasteiger partial charge >= 0.3 is 5.97 Å². The highest BCUT2D eigenvalue weighted by Crippen LogP contribution is 2.21. The standard InChI is InChI=1S/C14H14ClN3O3S/c1-2-11-13(21)16-14(18(17-11)7-12(19)20)22-8-9-3-5-10(15)6-4-9/h3-6H,2,7-8H2,1H3,(H,19,20).